The van der Waals surface area contributed by atoms with E-state index in [1.807, 2.05) is 0 Å². The Balaban J connectivity index is 1.56. The molecule has 0 radical (unpaired) electrons. The smallest absolute Gasteiger partial charge is 0.309 e. The van der Waals surface area contributed by atoms with E-state index in [4.69, 9.17) is 0 Å². The van der Waals surface area contributed by atoms with Crippen molar-refractivity contribution in [3.8, 4) is 0 Å². The van der Waals surface area contributed by atoms with Crippen LogP contribution in [0.1, 0.15) is 92.4 Å². The van der Waals surface area contributed by atoms with Gasteiger partial charge in [0.2, 0.25) is 0 Å². The van der Waals surface area contributed by atoms with Gasteiger partial charge in [-0.25, -0.2) is 0 Å². The van der Waals surface area contributed by atoms with Gasteiger partial charge in [-0.3, -0.25) is 9.59 Å². The summed E-state index contributed by atoms with van der Waals surface area (Å²) in [5.41, 5.74) is -0.701. The summed E-state index contributed by atoms with van der Waals surface area (Å²) in [6.45, 7) is 11.0. The van der Waals surface area contributed by atoms with Crippen LogP contribution in [0.5, 0.6) is 0 Å². The van der Waals surface area contributed by atoms with Crippen LogP contribution in [0.4, 0.5) is 0 Å². The molecule has 5 aliphatic rings. The fourth-order valence-electron chi connectivity index (χ4n) is 11.1. The average molecular weight is 461 g/mol. The van der Waals surface area contributed by atoms with E-state index in [0.717, 1.165) is 38.5 Å². The molecule has 5 nitrogen and oxygen atoms in total. The van der Waals surface area contributed by atoms with Crippen LogP contribution in [0.2, 0.25) is 0 Å². The Morgan fingerprint density at radius 1 is 0.848 bits per heavy atom. The first-order valence-corrected chi connectivity index (χ1v) is 13.4. The number of Topliss-reactive ketones (excluding diaryl/α,β-unsaturated/α-hetero) is 1. The van der Waals surface area contributed by atoms with Crippen LogP contribution in [0.15, 0.2) is 0 Å². The molecule has 0 aromatic heterocycles. The van der Waals surface area contributed by atoms with E-state index in [9.17, 15) is 24.9 Å². The second-order valence-electron chi connectivity index (χ2n) is 13.6. The molecule has 186 valence electrons. The lowest BCUT2D eigenvalue weighted by atomic mass is 9.33. The van der Waals surface area contributed by atoms with Crippen LogP contribution in [0.3, 0.4) is 0 Å². The highest BCUT2D eigenvalue weighted by molar-refractivity contribution is 5.83. The van der Waals surface area contributed by atoms with Crippen molar-refractivity contribution in [2.24, 2.45) is 57.2 Å². The van der Waals surface area contributed by atoms with Gasteiger partial charge in [-0.1, -0.05) is 27.7 Å². The van der Waals surface area contributed by atoms with Crippen molar-refractivity contribution in [3.05, 3.63) is 0 Å². The Hall–Kier alpha value is -0.940. The van der Waals surface area contributed by atoms with Crippen LogP contribution >= 0.6 is 0 Å². The molecule has 12 unspecified atom stereocenters. The summed E-state index contributed by atoms with van der Waals surface area (Å²) >= 11 is 0. The number of aliphatic hydroxyl groups excluding tert-OH is 2. The number of aliphatic hydroxyl groups is 2. The lowest BCUT2D eigenvalue weighted by Crippen LogP contribution is -2.67. The summed E-state index contributed by atoms with van der Waals surface area (Å²) in [6, 6.07) is 0. The van der Waals surface area contributed by atoms with Gasteiger partial charge in [0.25, 0.3) is 0 Å². The number of hydrogen-bond donors (Lipinski definition) is 3. The van der Waals surface area contributed by atoms with E-state index in [1.165, 1.54) is 0 Å². The number of carbonyl (C=O) groups excluding carboxylic acids is 1. The van der Waals surface area contributed by atoms with Gasteiger partial charge in [-0.2, -0.15) is 0 Å². The number of carboxylic acids is 1. The first-order valence-electron chi connectivity index (χ1n) is 13.4. The maximum Gasteiger partial charge on any atom is 0.309 e. The fraction of sp³-hybridized carbons (Fsp3) is 0.929. The minimum Gasteiger partial charge on any atom is -0.481 e. The Morgan fingerprint density at radius 2 is 1.55 bits per heavy atom. The number of carboxylic acid groups (broad SMARTS) is 1. The van der Waals surface area contributed by atoms with E-state index in [0.29, 0.717) is 31.1 Å². The molecular formula is C28H44O5. The zero-order valence-corrected chi connectivity index (χ0v) is 21.1. The third kappa shape index (κ3) is 2.78. The summed E-state index contributed by atoms with van der Waals surface area (Å²) < 4.78 is 0. The molecule has 3 N–H and O–H groups in total. The van der Waals surface area contributed by atoms with E-state index in [-0.39, 0.29) is 45.7 Å². The minimum absolute atomic E-state index is 0.00416. The second-order valence-corrected chi connectivity index (χ2v) is 13.6. The van der Waals surface area contributed by atoms with E-state index in [2.05, 4.69) is 27.7 Å². The third-order valence-corrected chi connectivity index (χ3v) is 12.9. The van der Waals surface area contributed by atoms with Gasteiger partial charge in [0.15, 0.2) is 0 Å². The first-order chi connectivity index (χ1) is 15.3. The third-order valence-electron chi connectivity index (χ3n) is 12.9. The first kappa shape index (κ1) is 23.8. The Bertz CT molecular complexity index is 855. The molecule has 5 saturated carbocycles. The molecule has 0 aliphatic heterocycles. The number of rotatable bonds is 2. The van der Waals surface area contributed by atoms with Crippen molar-refractivity contribution in [3.63, 3.8) is 0 Å². The SMILES string of the molecule is CC(=O)C1CCC2(C(=O)O)CCC3(C)C(CCC4C5(C)CC(O)C(O)C(C)C5CCC43C)C12. The summed E-state index contributed by atoms with van der Waals surface area (Å²) in [5.74, 6) is 0.537. The standard InChI is InChI=1S/C28H44O5/c1-15-18-9-10-27(5)21(25(18,3)14-20(30)23(15)31)7-6-19-22-17(16(2)29)8-11-28(22,24(32)33)13-12-26(19,27)4/h15,17-23,30-31H,6-14H2,1-5H3,(H,32,33). The summed E-state index contributed by atoms with van der Waals surface area (Å²) in [6.07, 6.45) is 6.48. The van der Waals surface area contributed by atoms with Crippen molar-refractivity contribution >= 4 is 11.8 Å². The van der Waals surface area contributed by atoms with E-state index >= 15 is 0 Å². The van der Waals surface area contributed by atoms with Gasteiger partial charge in [0.05, 0.1) is 17.6 Å². The summed E-state index contributed by atoms with van der Waals surface area (Å²) in [5, 5.41) is 31.8. The Kier molecular flexibility index (Phi) is 5.25. The highest BCUT2D eigenvalue weighted by atomic mass is 16.4. The molecule has 5 rings (SSSR count). The summed E-state index contributed by atoms with van der Waals surface area (Å²) in [4.78, 5) is 25.4. The van der Waals surface area contributed by atoms with Gasteiger partial charge < -0.3 is 15.3 Å². The van der Waals surface area contributed by atoms with E-state index < -0.39 is 23.6 Å². The lowest BCUT2D eigenvalue weighted by molar-refractivity contribution is -0.248. The molecule has 5 fully saturated rings. The fourth-order valence-corrected chi connectivity index (χ4v) is 11.1. The minimum atomic E-state index is -0.732. The Labute approximate surface area is 198 Å². The number of ketones is 1. The van der Waals surface area contributed by atoms with Crippen LogP contribution in [0, 0.1) is 57.2 Å². The molecule has 0 spiro atoms. The van der Waals surface area contributed by atoms with Crippen LogP contribution < -0.4 is 0 Å². The van der Waals surface area contributed by atoms with Gasteiger partial charge in [-0.05, 0) is 111 Å². The molecule has 0 bridgehead atoms. The van der Waals surface area contributed by atoms with Crippen molar-refractivity contribution < 1.29 is 24.9 Å². The van der Waals surface area contributed by atoms with Crippen molar-refractivity contribution in [2.45, 2.75) is 105 Å². The highest BCUT2D eigenvalue weighted by Crippen LogP contribution is 2.76. The Morgan fingerprint density at radius 3 is 2.18 bits per heavy atom. The number of hydrogen-bond acceptors (Lipinski definition) is 4. The van der Waals surface area contributed by atoms with Crippen LogP contribution in [0.25, 0.3) is 0 Å². The molecule has 0 heterocycles. The monoisotopic (exact) mass is 460 g/mol. The zero-order chi connectivity index (χ0) is 24.1. The normalized spacial score (nSPS) is 57.9. The molecule has 5 aliphatic carbocycles. The number of carbonyl (C=O) groups is 2. The maximum absolute atomic E-state index is 12.7. The van der Waals surface area contributed by atoms with Crippen molar-refractivity contribution in [1.29, 1.82) is 0 Å². The van der Waals surface area contributed by atoms with Crippen molar-refractivity contribution in [2.75, 3.05) is 0 Å². The second kappa shape index (κ2) is 7.29. The molecular weight excluding hydrogens is 416 g/mol. The maximum atomic E-state index is 12.7. The molecule has 0 aromatic carbocycles. The van der Waals surface area contributed by atoms with Gasteiger partial charge in [0.1, 0.15) is 5.78 Å². The highest BCUT2D eigenvalue weighted by Gasteiger charge is 2.72. The van der Waals surface area contributed by atoms with Crippen molar-refractivity contribution in [1.82, 2.24) is 0 Å². The topological polar surface area (TPSA) is 94.8 Å². The molecule has 33 heavy (non-hydrogen) atoms. The van der Waals surface area contributed by atoms with E-state index in [1.54, 1.807) is 6.92 Å². The lowest BCUT2D eigenvalue weighted by Gasteiger charge is -2.71. The molecule has 0 aromatic rings. The molecule has 0 amide bonds. The largest absolute Gasteiger partial charge is 0.481 e. The van der Waals surface area contributed by atoms with Crippen LogP contribution in [-0.2, 0) is 9.59 Å². The zero-order valence-electron chi connectivity index (χ0n) is 21.1. The van der Waals surface area contributed by atoms with Gasteiger partial charge >= 0.3 is 5.97 Å². The van der Waals surface area contributed by atoms with Crippen LogP contribution in [-0.4, -0.2) is 39.3 Å². The molecule has 12 atom stereocenters. The summed E-state index contributed by atoms with van der Waals surface area (Å²) in [7, 11) is 0. The number of aliphatic carboxylic acids is 1. The predicted octanol–water partition coefficient (Wildman–Crippen LogP) is 4.68. The molecule has 5 heteroatoms. The molecule has 0 saturated heterocycles. The van der Waals surface area contributed by atoms with Gasteiger partial charge in [0, 0.05) is 5.92 Å². The number of fused-ring (bicyclic) bond motifs is 7. The predicted molar refractivity (Wildman–Crippen MR) is 125 cm³/mol. The quantitative estimate of drug-likeness (QED) is 0.556. The average Bonchev–Trinajstić information content (AvgIpc) is 3.14. The van der Waals surface area contributed by atoms with Gasteiger partial charge in [-0.15, -0.1) is 0 Å².